The van der Waals surface area contributed by atoms with E-state index in [0.29, 0.717) is 0 Å². The zero-order chi connectivity index (χ0) is 20.8. The monoisotopic (exact) mass is 409 g/mol. The van der Waals surface area contributed by atoms with Gasteiger partial charge in [0.25, 0.3) is 0 Å². The molecule has 0 aromatic heterocycles. The predicted octanol–water partition coefficient (Wildman–Crippen LogP) is 6.44. The summed E-state index contributed by atoms with van der Waals surface area (Å²) in [4.78, 5) is 17.1. The largest absolute Gasteiger partial charge is 0.469 e. The van der Waals surface area contributed by atoms with Gasteiger partial charge in [0.15, 0.2) is 0 Å². The summed E-state index contributed by atoms with van der Waals surface area (Å²) in [7, 11) is -4.28. The maximum absolute atomic E-state index is 10.5. The maximum Gasteiger partial charge on any atom is 0.469 e. The summed E-state index contributed by atoms with van der Waals surface area (Å²) in [6, 6.07) is 0. The van der Waals surface area contributed by atoms with Gasteiger partial charge in [-0.15, -0.1) is 0 Å². The fourth-order valence-electron chi connectivity index (χ4n) is 2.66. The van der Waals surface area contributed by atoms with E-state index >= 15 is 0 Å². The van der Waals surface area contributed by atoms with Crippen molar-refractivity contribution in [3.05, 3.63) is 0 Å². The third kappa shape index (κ3) is 31.0. The lowest BCUT2D eigenvalue weighted by atomic mass is 10.0. The summed E-state index contributed by atoms with van der Waals surface area (Å²) in [5.41, 5.74) is 0. The van der Waals surface area contributed by atoms with Crippen molar-refractivity contribution >= 4 is 7.82 Å². The highest BCUT2D eigenvalue weighted by molar-refractivity contribution is 7.46. The molecule has 0 radical (unpaired) electrons. The summed E-state index contributed by atoms with van der Waals surface area (Å²) in [5, 5.41) is 3.39. The molecule has 5 nitrogen and oxygen atoms in total. The van der Waals surface area contributed by atoms with E-state index in [1.165, 1.54) is 83.7 Å². The highest BCUT2D eigenvalue weighted by Crippen LogP contribution is 2.36. The van der Waals surface area contributed by atoms with Crippen LogP contribution in [0, 0.1) is 5.92 Å². The Hall–Kier alpha value is 0.0700. The summed E-state index contributed by atoms with van der Waals surface area (Å²) < 4.78 is 15.0. The van der Waals surface area contributed by atoms with Crippen molar-refractivity contribution in [1.29, 1.82) is 0 Å². The number of phosphoric ester groups is 1. The first kappa shape index (κ1) is 29.3. The molecule has 6 heteroatoms. The minimum atomic E-state index is -4.28. The van der Waals surface area contributed by atoms with E-state index in [1.807, 2.05) is 6.92 Å². The zero-order valence-corrected chi connectivity index (χ0v) is 19.4. The average molecular weight is 410 g/mol. The molecule has 0 saturated heterocycles. The number of phosphoric acid groups is 1. The van der Waals surface area contributed by atoms with Crippen LogP contribution < -0.4 is 5.32 Å². The molecule has 0 aliphatic carbocycles. The molecule has 0 bridgehead atoms. The quantitative estimate of drug-likeness (QED) is 0.179. The standard InChI is InChI=1S/C13H29O4P.C8H19N/c1-3-4-5-6-7-8-9-10-11-13(2)12-17-18(14,15)16;1-3-5-7-9-8-6-4-2/h13H,3-12H2,1-2H3,(H2,14,15,16);9H,3-8H2,1-2H3. The highest BCUT2D eigenvalue weighted by Gasteiger charge is 2.15. The van der Waals surface area contributed by atoms with Gasteiger partial charge in [-0.3, -0.25) is 4.52 Å². The molecule has 0 aromatic rings. The minimum Gasteiger partial charge on any atom is -0.317 e. The molecule has 0 saturated carbocycles. The summed E-state index contributed by atoms with van der Waals surface area (Å²) in [6.45, 7) is 11.2. The van der Waals surface area contributed by atoms with Crippen LogP contribution in [0.3, 0.4) is 0 Å². The fourth-order valence-corrected chi connectivity index (χ4v) is 3.11. The van der Waals surface area contributed by atoms with E-state index in [1.54, 1.807) is 0 Å². The number of hydrogen-bond donors (Lipinski definition) is 3. The van der Waals surface area contributed by atoms with Crippen LogP contribution in [0.4, 0.5) is 0 Å². The first-order valence-electron chi connectivity index (χ1n) is 11.3. The second-order valence-electron chi connectivity index (χ2n) is 7.61. The Balaban J connectivity index is 0. The fraction of sp³-hybridized carbons (Fsp3) is 1.00. The Kier molecular flexibility index (Phi) is 24.2. The topological polar surface area (TPSA) is 78.8 Å². The van der Waals surface area contributed by atoms with Gasteiger partial charge < -0.3 is 15.1 Å². The van der Waals surface area contributed by atoms with Crippen LogP contribution in [0.5, 0.6) is 0 Å². The number of unbranched alkanes of at least 4 members (excludes halogenated alkanes) is 9. The van der Waals surface area contributed by atoms with E-state index in [2.05, 4.69) is 30.6 Å². The molecule has 0 rings (SSSR count). The summed E-state index contributed by atoms with van der Waals surface area (Å²) >= 11 is 0. The van der Waals surface area contributed by atoms with Crippen LogP contribution in [-0.2, 0) is 9.09 Å². The Bertz CT molecular complexity index is 317. The predicted molar refractivity (Wildman–Crippen MR) is 117 cm³/mol. The minimum absolute atomic E-state index is 0.154. The zero-order valence-electron chi connectivity index (χ0n) is 18.5. The number of nitrogens with one attached hydrogen (secondary N) is 1. The molecule has 0 amide bonds. The van der Waals surface area contributed by atoms with Gasteiger partial charge in [-0.1, -0.05) is 91.9 Å². The highest BCUT2D eigenvalue weighted by atomic mass is 31.2. The third-order valence-corrected chi connectivity index (χ3v) is 4.98. The van der Waals surface area contributed by atoms with Crippen molar-refractivity contribution < 1.29 is 18.9 Å². The van der Waals surface area contributed by atoms with Crippen LogP contribution in [0.1, 0.15) is 111 Å². The molecule has 1 atom stereocenters. The smallest absolute Gasteiger partial charge is 0.317 e. The average Bonchev–Trinajstić information content (AvgIpc) is 2.62. The maximum atomic E-state index is 10.5. The molecule has 0 heterocycles. The van der Waals surface area contributed by atoms with Crippen molar-refractivity contribution in [2.75, 3.05) is 19.7 Å². The molecule has 0 spiro atoms. The second-order valence-corrected chi connectivity index (χ2v) is 8.85. The van der Waals surface area contributed by atoms with E-state index < -0.39 is 7.82 Å². The van der Waals surface area contributed by atoms with Crippen LogP contribution in [0.25, 0.3) is 0 Å². The van der Waals surface area contributed by atoms with E-state index in [-0.39, 0.29) is 12.5 Å². The summed E-state index contributed by atoms with van der Waals surface area (Å²) in [5.74, 6) is 0.220. The van der Waals surface area contributed by atoms with E-state index in [4.69, 9.17) is 9.79 Å². The lowest BCUT2D eigenvalue weighted by Crippen LogP contribution is -2.15. The van der Waals surface area contributed by atoms with Crippen molar-refractivity contribution in [2.45, 2.75) is 111 Å². The van der Waals surface area contributed by atoms with Gasteiger partial charge in [0.2, 0.25) is 0 Å². The van der Waals surface area contributed by atoms with Crippen molar-refractivity contribution in [2.24, 2.45) is 5.92 Å². The van der Waals surface area contributed by atoms with Gasteiger partial charge in [-0.25, -0.2) is 4.57 Å². The van der Waals surface area contributed by atoms with Gasteiger partial charge in [-0.05, 0) is 38.3 Å². The molecule has 0 aromatic carbocycles. The Morgan fingerprint density at radius 2 is 1.22 bits per heavy atom. The van der Waals surface area contributed by atoms with Crippen LogP contribution in [-0.4, -0.2) is 29.5 Å². The SMILES string of the molecule is CCCCCCCCCCC(C)COP(=O)(O)O.CCCCNCCCC. The van der Waals surface area contributed by atoms with Crippen molar-refractivity contribution in [3.63, 3.8) is 0 Å². The van der Waals surface area contributed by atoms with Gasteiger partial charge in [0.05, 0.1) is 6.61 Å². The molecule has 0 aliphatic rings. The Morgan fingerprint density at radius 3 is 1.67 bits per heavy atom. The summed E-state index contributed by atoms with van der Waals surface area (Å²) in [6.07, 6.45) is 16.5. The second kappa shape index (κ2) is 22.4. The normalized spacial score (nSPS) is 12.5. The third-order valence-electron chi connectivity index (χ3n) is 4.49. The van der Waals surface area contributed by atoms with E-state index in [0.717, 1.165) is 12.8 Å². The number of rotatable bonds is 18. The Morgan fingerprint density at radius 1 is 0.778 bits per heavy atom. The first-order chi connectivity index (χ1) is 12.9. The Labute approximate surface area is 169 Å². The van der Waals surface area contributed by atoms with E-state index in [9.17, 15) is 4.57 Å². The van der Waals surface area contributed by atoms with Gasteiger partial charge in [0, 0.05) is 0 Å². The van der Waals surface area contributed by atoms with Crippen LogP contribution >= 0.6 is 7.82 Å². The molecule has 27 heavy (non-hydrogen) atoms. The van der Waals surface area contributed by atoms with Gasteiger partial charge in [0.1, 0.15) is 0 Å². The molecular weight excluding hydrogens is 361 g/mol. The molecular formula is C21H48NO4P. The number of hydrogen-bond acceptors (Lipinski definition) is 3. The lowest BCUT2D eigenvalue weighted by molar-refractivity contribution is 0.168. The molecule has 1 unspecified atom stereocenters. The molecule has 166 valence electrons. The molecule has 0 aliphatic heterocycles. The van der Waals surface area contributed by atoms with Crippen LogP contribution in [0.2, 0.25) is 0 Å². The van der Waals surface area contributed by atoms with Gasteiger partial charge >= 0.3 is 7.82 Å². The van der Waals surface area contributed by atoms with Gasteiger partial charge in [-0.2, -0.15) is 0 Å². The first-order valence-corrected chi connectivity index (χ1v) is 12.8. The van der Waals surface area contributed by atoms with Crippen molar-refractivity contribution in [3.8, 4) is 0 Å². The molecule has 0 fully saturated rings. The van der Waals surface area contributed by atoms with Crippen molar-refractivity contribution in [1.82, 2.24) is 5.32 Å². The molecule has 3 N–H and O–H groups in total. The van der Waals surface area contributed by atoms with Crippen LogP contribution in [0.15, 0.2) is 0 Å². The lowest BCUT2D eigenvalue weighted by Gasteiger charge is -2.12.